The van der Waals surface area contributed by atoms with Crippen molar-refractivity contribution >= 4 is 43.5 Å². The lowest BCUT2D eigenvalue weighted by Gasteiger charge is -2.33. The summed E-state index contributed by atoms with van der Waals surface area (Å²) in [4.78, 5) is 28.5. The molecule has 0 aliphatic heterocycles. The average molecular weight is 565 g/mol. The Labute approximate surface area is 217 Å². The van der Waals surface area contributed by atoms with E-state index in [4.69, 9.17) is 0 Å². The topological polar surface area (TPSA) is 86.8 Å². The zero-order valence-electron chi connectivity index (χ0n) is 20.5. The zero-order valence-corrected chi connectivity index (χ0v) is 22.9. The first-order chi connectivity index (χ1) is 16.6. The van der Waals surface area contributed by atoms with Crippen LogP contribution >= 0.6 is 15.9 Å². The number of nitrogens with zero attached hydrogens (tertiary/aromatic N) is 2. The monoisotopic (exact) mass is 563 g/mol. The number of hydrogen-bond acceptors (Lipinski definition) is 4. The molecule has 0 bridgehead atoms. The molecule has 1 atom stereocenters. The van der Waals surface area contributed by atoms with E-state index in [0.717, 1.165) is 51.8 Å². The summed E-state index contributed by atoms with van der Waals surface area (Å²) in [6.45, 7) is 3.67. The van der Waals surface area contributed by atoms with Crippen LogP contribution in [-0.4, -0.2) is 50.0 Å². The van der Waals surface area contributed by atoms with Crippen LogP contribution in [0.15, 0.2) is 53.0 Å². The number of rotatable bonds is 10. The number of carbonyl (C=O) groups excluding carboxylic acids is 2. The molecule has 35 heavy (non-hydrogen) atoms. The highest BCUT2D eigenvalue weighted by Gasteiger charge is 2.33. The Morgan fingerprint density at radius 3 is 2.34 bits per heavy atom. The lowest BCUT2D eigenvalue weighted by molar-refractivity contribution is -0.140. The molecular weight excluding hydrogens is 530 g/mol. The molecule has 2 amide bonds. The van der Waals surface area contributed by atoms with Crippen molar-refractivity contribution in [3.8, 4) is 0 Å². The van der Waals surface area contributed by atoms with Crippen molar-refractivity contribution in [1.82, 2.24) is 10.2 Å². The zero-order chi connectivity index (χ0) is 25.6. The van der Waals surface area contributed by atoms with E-state index in [1.54, 1.807) is 24.3 Å². The molecule has 2 aromatic rings. The lowest BCUT2D eigenvalue weighted by Crippen LogP contribution is -2.53. The van der Waals surface area contributed by atoms with Gasteiger partial charge in [0.1, 0.15) is 12.6 Å². The molecule has 1 saturated carbocycles. The quantitative estimate of drug-likeness (QED) is 0.464. The highest BCUT2D eigenvalue weighted by molar-refractivity contribution is 9.10. The summed E-state index contributed by atoms with van der Waals surface area (Å²) in [5.74, 6) is -0.608. The van der Waals surface area contributed by atoms with Crippen molar-refractivity contribution in [1.29, 1.82) is 0 Å². The second kappa shape index (κ2) is 12.0. The van der Waals surface area contributed by atoms with Crippen LogP contribution in [0.2, 0.25) is 0 Å². The van der Waals surface area contributed by atoms with E-state index < -0.39 is 22.0 Å². The molecule has 7 nitrogen and oxygen atoms in total. The number of halogens is 1. The largest absolute Gasteiger partial charge is 0.352 e. The third-order valence-corrected chi connectivity index (χ3v) is 7.99. The van der Waals surface area contributed by atoms with Gasteiger partial charge in [-0.05, 0) is 56.0 Å². The van der Waals surface area contributed by atoms with E-state index in [2.05, 4.69) is 21.2 Å². The first-order valence-electron chi connectivity index (χ1n) is 12.0. The second-order valence-corrected chi connectivity index (χ2v) is 12.0. The van der Waals surface area contributed by atoms with Crippen LogP contribution in [0.1, 0.15) is 50.2 Å². The van der Waals surface area contributed by atoms with Gasteiger partial charge < -0.3 is 10.2 Å². The Balaban J connectivity index is 1.91. The summed E-state index contributed by atoms with van der Waals surface area (Å²) >= 11 is 3.35. The van der Waals surface area contributed by atoms with E-state index in [1.165, 1.54) is 4.90 Å². The number of anilines is 1. The molecule has 2 aromatic carbocycles. The highest BCUT2D eigenvalue weighted by atomic mass is 79.9. The summed E-state index contributed by atoms with van der Waals surface area (Å²) in [6, 6.07) is 14.0. The van der Waals surface area contributed by atoms with Gasteiger partial charge in [-0.1, -0.05) is 65.5 Å². The van der Waals surface area contributed by atoms with Crippen molar-refractivity contribution in [2.75, 3.05) is 17.1 Å². The molecule has 0 spiro atoms. The van der Waals surface area contributed by atoms with Crippen LogP contribution < -0.4 is 9.62 Å². The van der Waals surface area contributed by atoms with Crippen LogP contribution in [0.25, 0.3) is 0 Å². The molecule has 0 radical (unpaired) electrons. The summed E-state index contributed by atoms with van der Waals surface area (Å²) in [5.41, 5.74) is 2.33. The van der Waals surface area contributed by atoms with Crippen LogP contribution in [0.4, 0.5) is 5.69 Å². The number of sulfonamides is 1. The Morgan fingerprint density at radius 2 is 1.77 bits per heavy atom. The van der Waals surface area contributed by atoms with Gasteiger partial charge in [0.2, 0.25) is 21.8 Å². The molecule has 1 N–H and O–H groups in total. The van der Waals surface area contributed by atoms with Crippen LogP contribution in [0.5, 0.6) is 0 Å². The van der Waals surface area contributed by atoms with Gasteiger partial charge in [0.25, 0.3) is 0 Å². The number of carbonyl (C=O) groups is 2. The first-order valence-corrected chi connectivity index (χ1v) is 14.6. The smallest absolute Gasteiger partial charge is 0.244 e. The fourth-order valence-electron chi connectivity index (χ4n) is 4.52. The molecule has 1 aliphatic carbocycles. The van der Waals surface area contributed by atoms with E-state index in [0.29, 0.717) is 12.1 Å². The van der Waals surface area contributed by atoms with E-state index in [9.17, 15) is 18.0 Å². The normalized spacial score (nSPS) is 15.0. The maximum Gasteiger partial charge on any atom is 0.244 e. The van der Waals surface area contributed by atoms with Gasteiger partial charge in [-0.15, -0.1) is 0 Å². The minimum absolute atomic E-state index is 0.128. The fraction of sp³-hybridized carbons (Fsp3) is 0.462. The van der Waals surface area contributed by atoms with Gasteiger partial charge in [-0.25, -0.2) is 8.42 Å². The Morgan fingerprint density at radius 1 is 1.11 bits per heavy atom. The van der Waals surface area contributed by atoms with Gasteiger partial charge in [0, 0.05) is 17.1 Å². The Hall–Kier alpha value is -2.39. The van der Waals surface area contributed by atoms with Crippen molar-refractivity contribution in [2.45, 2.75) is 64.6 Å². The number of aryl methyl sites for hydroxylation is 1. The van der Waals surface area contributed by atoms with E-state index >= 15 is 0 Å². The van der Waals surface area contributed by atoms with E-state index in [-0.39, 0.29) is 25.0 Å². The van der Waals surface area contributed by atoms with Crippen LogP contribution in [-0.2, 0) is 26.2 Å². The highest BCUT2D eigenvalue weighted by Crippen LogP contribution is 2.23. The molecule has 0 unspecified atom stereocenters. The number of hydrogen-bond donors (Lipinski definition) is 1. The van der Waals surface area contributed by atoms with Gasteiger partial charge in [0.15, 0.2) is 0 Å². The lowest BCUT2D eigenvalue weighted by atomic mass is 10.1. The molecule has 190 valence electrons. The third-order valence-electron chi connectivity index (χ3n) is 6.32. The molecule has 1 aliphatic rings. The fourth-order valence-corrected chi connectivity index (χ4v) is 5.63. The minimum atomic E-state index is -3.74. The van der Waals surface area contributed by atoms with Gasteiger partial charge in [-0.2, -0.15) is 0 Å². The molecule has 3 rings (SSSR count). The molecule has 9 heteroatoms. The average Bonchev–Trinajstić information content (AvgIpc) is 3.30. The Bertz CT molecular complexity index is 1130. The van der Waals surface area contributed by atoms with Crippen LogP contribution in [0.3, 0.4) is 0 Å². The van der Waals surface area contributed by atoms with Gasteiger partial charge >= 0.3 is 0 Å². The van der Waals surface area contributed by atoms with Crippen molar-refractivity contribution in [3.63, 3.8) is 0 Å². The first kappa shape index (κ1) is 27.2. The van der Waals surface area contributed by atoms with Crippen molar-refractivity contribution in [3.05, 3.63) is 64.1 Å². The predicted molar refractivity (Wildman–Crippen MR) is 143 cm³/mol. The molecule has 1 fully saturated rings. The van der Waals surface area contributed by atoms with Crippen molar-refractivity contribution in [2.24, 2.45) is 0 Å². The molecule has 0 saturated heterocycles. The second-order valence-electron chi connectivity index (χ2n) is 9.17. The minimum Gasteiger partial charge on any atom is -0.352 e. The maximum atomic E-state index is 13.7. The standard InChI is InChI=1S/C26H34BrN3O4S/c1-4-24(26(32)28-22-10-5-6-11-22)29(17-20-9-7-8-19(2)16-20)25(31)18-30(35(3,33)34)23-14-12-21(27)13-15-23/h7-9,12-16,22,24H,4-6,10-11,17-18H2,1-3H3,(H,28,32)/t24-/m1/s1. The van der Waals surface area contributed by atoms with Crippen molar-refractivity contribution < 1.29 is 18.0 Å². The number of nitrogens with one attached hydrogen (secondary N) is 1. The molecule has 0 heterocycles. The SMILES string of the molecule is CC[C@H](C(=O)NC1CCCC1)N(Cc1cccc(C)c1)C(=O)CN(c1ccc(Br)cc1)S(C)(=O)=O. The van der Waals surface area contributed by atoms with Gasteiger partial charge in [-0.3, -0.25) is 13.9 Å². The predicted octanol–water partition coefficient (Wildman–Crippen LogP) is 4.39. The summed E-state index contributed by atoms with van der Waals surface area (Å²) in [5, 5.41) is 3.11. The number of benzene rings is 2. The summed E-state index contributed by atoms with van der Waals surface area (Å²) in [6.07, 6.45) is 5.57. The molecular formula is C26H34BrN3O4S. The third kappa shape index (κ3) is 7.54. The summed E-state index contributed by atoms with van der Waals surface area (Å²) < 4.78 is 27.2. The van der Waals surface area contributed by atoms with Gasteiger partial charge in [0.05, 0.1) is 11.9 Å². The van der Waals surface area contributed by atoms with Crippen LogP contribution in [0, 0.1) is 6.92 Å². The Kier molecular flexibility index (Phi) is 9.35. The number of amides is 2. The molecule has 0 aromatic heterocycles. The summed E-state index contributed by atoms with van der Waals surface area (Å²) in [7, 11) is -3.74. The van der Waals surface area contributed by atoms with E-state index in [1.807, 2.05) is 38.1 Å². The maximum absolute atomic E-state index is 13.7.